The maximum atomic E-state index is 12.7. The largest absolute Gasteiger partial charge is 0.451 e. The first kappa shape index (κ1) is 12.7. The lowest BCUT2D eigenvalue weighted by Crippen LogP contribution is -2.06. The summed E-state index contributed by atoms with van der Waals surface area (Å²) in [5.41, 5.74) is 0.664. The van der Waals surface area contributed by atoms with Gasteiger partial charge in [0.1, 0.15) is 5.76 Å². The number of benzene rings is 1. The van der Waals surface area contributed by atoms with Gasteiger partial charge in [-0.2, -0.15) is 13.2 Å². The first-order chi connectivity index (χ1) is 8.45. The highest BCUT2D eigenvalue weighted by atomic mass is 19.4. The Morgan fingerprint density at radius 2 is 1.78 bits per heavy atom. The molecular formula is C13H11F3O2. The van der Waals surface area contributed by atoms with E-state index in [4.69, 9.17) is 9.52 Å². The van der Waals surface area contributed by atoms with Crippen LogP contribution < -0.4 is 0 Å². The Kier molecular flexibility index (Phi) is 3.17. The molecule has 5 heteroatoms. The van der Waals surface area contributed by atoms with Gasteiger partial charge in [-0.3, -0.25) is 0 Å². The van der Waals surface area contributed by atoms with E-state index in [2.05, 4.69) is 0 Å². The normalized spacial score (nSPS) is 11.8. The van der Waals surface area contributed by atoms with E-state index in [0.29, 0.717) is 11.1 Å². The summed E-state index contributed by atoms with van der Waals surface area (Å²) in [7, 11) is 0. The maximum Gasteiger partial charge on any atom is 0.449 e. The Bertz CT molecular complexity index is 541. The molecule has 2 rings (SSSR count). The molecule has 0 atom stereocenters. The van der Waals surface area contributed by atoms with Crippen LogP contribution in [-0.2, 0) is 12.8 Å². The predicted octanol–water partition coefficient (Wildman–Crippen LogP) is 3.77. The number of aliphatic hydroxyl groups excluding tert-OH is 1. The van der Waals surface area contributed by atoms with Gasteiger partial charge in [0.25, 0.3) is 0 Å². The highest BCUT2D eigenvalue weighted by Crippen LogP contribution is 2.39. The summed E-state index contributed by atoms with van der Waals surface area (Å²) < 4.78 is 43.1. The van der Waals surface area contributed by atoms with Crippen molar-refractivity contribution in [2.24, 2.45) is 0 Å². The molecule has 18 heavy (non-hydrogen) atoms. The van der Waals surface area contributed by atoms with E-state index in [0.717, 1.165) is 0 Å². The lowest BCUT2D eigenvalue weighted by atomic mass is 10.1. The van der Waals surface area contributed by atoms with Crippen molar-refractivity contribution in [3.63, 3.8) is 0 Å². The summed E-state index contributed by atoms with van der Waals surface area (Å²) in [6, 6.07) is 8.51. The minimum atomic E-state index is -4.60. The third-order valence-electron chi connectivity index (χ3n) is 2.72. The topological polar surface area (TPSA) is 33.4 Å². The quantitative estimate of drug-likeness (QED) is 0.887. The predicted molar refractivity (Wildman–Crippen MR) is 59.8 cm³/mol. The highest BCUT2D eigenvalue weighted by molar-refractivity contribution is 5.63. The molecule has 1 N–H and O–H groups in total. The molecule has 0 fully saturated rings. The van der Waals surface area contributed by atoms with Gasteiger partial charge in [-0.15, -0.1) is 0 Å². The van der Waals surface area contributed by atoms with E-state index in [1.54, 1.807) is 30.3 Å². The number of alkyl halides is 3. The van der Waals surface area contributed by atoms with Crippen LogP contribution in [0.5, 0.6) is 0 Å². The van der Waals surface area contributed by atoms with Gasteiger partial charge in [-0.25, -0.2) is 0 Å². The first-order valence-electron chi connectivity index (χ1n) is 5.31. The monoisotopic (exact) mass is 256 g/mol. The summed E-state index contributed by atoms with van der Waals surface area (Å²) in [5, 5.41) is 9.06. The summed E-state index contributed by atoms with van der Waals surface area (Å²) in [5.74, 6) is -0.978. The molecule has 0 aliphatic rings. The number of rotatable bonds is 2. The Morgan fingerprint density at radius 1 is 1.17 bits per heavy atom. The van der Waals surface area contributed by atoms with Crippen LogP contribution in [0.1, 0.15) is 16.9 Å². The van der Waals surface area contributed by atoms with Crippen molar-refractivity contribution in [1.29, 1.82) is 0 Å². The smallest absolute Gasteiger partial charge is 0.449 e. The van der Waals surface area contributed by atoms with Crippen LogP contribution in [0.2, 0.25) is 0 Å². The number of halogens is 3. The zero-order valence-electron chi connectivity index (χ0n) is 9.58. The average molecular weight is 256 g/mol. The SMILES string of the molecule is Cc1c(-c2ccccc2)oc(C(F)(F)F)c1CO. The van der Waals surface area contributed by atoms with Crippen LogP contribution in [0.25, 0.3) is 11.3 Å². The molecule has 96 valence electrons. The number of furan rings is 1. The maximum absolute atomic E-state index is 12.7. The molecule has 0 aliphatic heterocycles. The van der Waals surface area contributed by atoms with E-state index in [1.165, 1.54) is 6.92 Å². The van der Waals surface area contributed by atoms with Crippen molar-refractivity contribution in [2.45, 2.75) is 19.7 Å². The molecule has 2 aromatic rings. The Morgan fingerprint density at radius 3 is 2.22 bits per heavy atom. The van der Waals surface area contributed by atoms with Crippen LogP contribution in [-0.4, -0.2) is 5.11 Å². The molecule has 1 heterocycles. The molecule has 0 radical (unpaired) electrons. The van der Waals surface area contributed by atoms with E-state index in [1.807, 2.05) is 0 Å². The molecule has 0 spiro atoms. The van der Waals surface area contributed by atoms with Crippen LogP contribution in [0.4, 0.5) is 13.2 Å². The summed E-state index contributed by atoms with van der Waals surface area (Å²) in [6.07, 6.45) is -4.60. The molecule has 0 amide bonds. The molecular weight excluding hydrogens is 245 g/mol. The molecule has 0 bridgehead atoms. The second-order valence-electron chi connectivity index (χ2n) is 3.89. The zero-order chi connectivity index (χ0) is 13.3. The second-order valence-corrected chi connectivity index (χ2v) is 3.89. The van der Waals surface area contributed by atoms with Gasteiger partial charge in [0.2, 0.25) is 5.76 Å². The first-order valence-corrected chi connectivity index (χ1v) is 5.31. The molecule has 0 saturated heterocycles. The Hall–Kier alpha value is -1.75. The minimum absolute atomic E-state index is 0.145. The van der Waals surface area contributed by atoms with Crippen molar-refractivity contribution in [3.8, 4) is 11.3 Å². The van der Waals surface area contributed by atoms with Crippen molar-refractivity contribution in [3.05, 3.63) is 47.2 Å². The van der Waals surface area contributed by atoms with Gasteiger partial charge in [0.15, 0.2) is 0 Å². The molecule has 0 aliphatic carbocycles. The van der Waals surface area contributed by atoms with E-state index in [-0.39, 0.29) is 11.3 Å². The standard InChI is InChI=1S/C13H11F3O2/c1-8-10(7-17)12(13(14,15)16)18-11(8)9-5-3-2-4-6-9/h2-6,17H,7H2,1H3. The van der Waals surface area contributed by atoms with Gasteiger partial charge in [0.05, 0.1) is 6.61 Å². The van der Waals surface area contributed by atoms with Gasteiger partial charge in [0, 0.05) is 16.7 Å². The average Bonchev–Trinajstić information content (AvgIpc) is 2.67. The van der Waals surface area contributed by atoms with E-state index in [9.17, 15) is 13.2 Å². The van der Waals surface area contributed by atoms with Crippen LogP contribution >= 0.6 is 0 Å². The lowest BCUT2D eigenvalue weighted by Gasteiger charge is -2.04. The Balaban J connectivity index is 2.61. The van der Waals surface area contributed by atoms with Gasteiger partial charge >= 0.3 is 6.18 Å². The number of hydrogen-bond donors (Lipinski definition) is 1. The van der Waals surface area contributed by atoms with Crippen molar-refractivity contribution in [2.75, 3.05) is 0 Å². The summed E-state index contributed by atoms with van der Waals surface area (Å²) in [4.78, 5) is 0. The molecule has 1 aromatic carbocycles. The molecule has 1 aromatic heterocycles. The van der Waals surface area contributed by atoms with Gasteiger partial charge < -0.3 is 9.52 Å². The third kappa shape index (κ3) is 2.13. The van der Waals surface area contributed by atoms with Crippen molar-refractivity contribution >= 4 is 0 Å². The van der Waals surface area contributed by atoms with E-state index < -0.39 is 18.5 Å². The molecule has 0 saturated carbocycles. The van der Waals surface area contributed by atoms with Gasteiger partial charge in [-0.05, 0) is 6.92 Å². The fraction of sp³-hybridized carbons (Fsp3) is 0.231. The van der Waals surface area contributed by atoms with Gasteiger partial charge in [-0.1, -0.05) is 30.3 Å². The van der Waals surface area contributed by atoms with Crippen LogP contribution in [0.3, 0.4) is 0 Å². The highest BCUT2D eigenvalue weighted by Gasteiger charge is 2.39. The summed E-state index contributed by atoms with van der Waals surface area (Å²) in [6.45, 7) is 0.809. The Labute approximate surface area is 102 Å². The lowest BCUT2D eigenvalue weighted by molar-refractivity contribution is -0.153. The fourth-order valence-corrected chi connectivity index (χ4v) is 1.83. The van der Waals surface area contributed by atoms with Crippen LogP contribution in [0, 0.1) is 6.92 Å². The third-order valence-corrected chi connectivity index (χ3v) is 2.72. The molecule has 2 nitrogen and oxygen atoms in total. The zero-order valence-corrected chi connectivity index (χ0v) is 9.58. The van der Waals surface area contributed by atoms with Crippen molar-refractivity contribution in [1.82, 2.24) is 0 Å². The number of aliphatic hydroxyl groups is 1. The summed E-state index contributed by atoms with van der Waals surface area (Å²) >= 11 is 0. The molecule has 0 unspecified atom stereocenters. The fourth-order valence-electron chi connectivity index (χ4n) is 1.83. The van der Waals surface area contributed by atoms with Crippen molar-refractivity contribution < 1.29 is 22.7 Å². The minimum Gasteiger partial charge on any atom is -0.451 e. The van der Waals surface area contributed by atoms with Crippen LogP contribution in [0.15, 0.2) is 34.7 Å². The number of hydrogen-bond acceptors (Lipinski definition) is 2. The van der Waals surface area contributed by atoms with E-state index >= 15 is 0 Å². The second kappa shape index (κ2) is 4.49.